The van der Waals surface area contributed by atoms with E-state index in [0.29, 0.717) is 49.0 Å². The second-order valence-corrected chi connectivity index (χ2v) is 13.1. The minimum Gasteiger partial charge on any atom is -0.444 e. The number of alkyl halides is 4. The van der Waals surface area contributed by atoms with Crippen molar-refractivity contribution < 1.29 is 35.8 Å². The van der Waals surface area contributed by atoms with Crippen LogP contribution in [0.3, 0.4) is 0 Å². The van der Waals surface area contributed by atoms with Crippen molar-refractivity contribution >= 4 is 11.6 Å². The van der Waals surface area contributed by atoms with Gasteiger partial charge < -0.3 is 9.47 Å². The monoisotopic (exact) mass is 688 g/mol. The number of pyridine rings is 1. The van der Waals surface area contributed by atoms with Gasteiger partial charge in [-0.25, -0.2) is 18.2 Å². The lowest BCUT2D eigenvalue weighted by Crippen LogP contribution is -2.40. The Morgan fingerprint density at radius 3 is 2.54 bits per heavy atom. The summed E-state index contributed by atoms with van der Waals surface area (Å²) in [6.07, 6.45) is -2.73. The van der Waals surface area contributed by atoms with Crippen molar-refractivity contribution in [3.63, 3.8) is 0 Å². The molecule has 1 N–H and O–H groups in total. The Hall–Kier alpha value is -4.35. The Morgan fingerprint density at radius 1 is 1.10 bits per heavy atom. The molecular weight excluding hydrogens is 662 g/mol. The van der Waals surface area contributed by atoms with Crippen molar-refractivity contribution in [2.24, 2.45) is 5.41 Å². The van der Waals surface area contributed by atoms with Crippen LogP contribution in [-0.4, -0.2) is 44.3 Å². The molecule has 2 fully saturated rings. The number of rotatable bonds is 7. The van der Waals surface area contributed by atoms with Gasteiger partial charge in [-0.3, -0.25) is 15.0 Å². The molecule has 3 atom stereocenters. The van der Waals surface area contributed by atoms with E-state index in [2.05, 4.69) is 21.1 Å². The van der Waals surface area contributed by atoms with Crippen LogP contribution in [0.2, 0.25) is 5.02 Å². The molecule has 2 aromatic heterocycles. The fraction of sp³-hybridized carbons (Fsp3) is 0.394. The molecule has 1 saturated carbocycles. The molecule has 4 aromatic rings. The number of nitrogens with one attached hydrogen (secondary N) is 1. The standard InChI is InChI=1S/C33H27ClF6N6O2/c1-31(22-4-2-19(34)11-24(22)36)47-27-21(3-5-23(35)28(27)48-31)20-6-9-46(14-25(20)37)15-26-17(12-32(16-41)7-8-32)10-18(13-42-26)29-43-30(45-44-29)33(38,39)40/h2-5,10-11,13,20,25H,6-9,12,14-15H2,1H3,(H,43,44,45)/t20-,25-,31+/m1/s1. The van der Waals surface area contributed by atoms with Gasteiger partial charge in [-0.2, -0.15) is 23.5 Å². The van der Waals surface area contributed by atoms with Crippen LogP contribution < -0.4 is 9.47 Å². The average Bonchev–Trinajstić information content (AvgIpc) is 3.43. The van der Waals surface area contributed by atoms with Crippen LogP contribution >= 0.6 is 11.6 Å². The molecule has 48 heavy (non-hydrogen) atoms. The van der Waals surface area contributed by atoms with Gasteiger partial charge in [0.25, 0.3) is 5.79 Å². The van der Waals surface area contributed by atoms with Crippen molar-refractivity contribution in [2.75, 3.05) is 13.1 Å². The van der Waals surface area contributed by atoms with Crippen molar-refractivity contribution in [3.8, 4) is 29.0 Å². The Bertz CT molecular complexity index is 1940. The third-order valence-corrected chi connectivity index (χ3v) is 9.43. The largest absolute Gasteiger partial charge is 0.451 e. The number of hydrogen-bond donors (Lipinski definition) is 1. The number of piperidine rings is 1. The van der Waals surface area contributed by atoms with Crippen LogP contribution in [0.15, 0.2) is 42.6 Å². The topological polar surface area (TPSA) is 100.0 Å². The Labute approximate surface area is 275 Å². The zero-order valence-electron chi connectivity index (χ0n) is 25.3. The van der Waals surface area contributed by atoms with Crippen molar-refractivity contribution in [3.05, 3.63) is 87.5 Å². The number of benzene rings is 2. The van der Waals surface area contributed by atoms with E-state index in [1.165, 1.54) is 37.4 Å². The summed E-state index contributed by atoms with van der Waals surface area (Å²) in [7, 11) is 0. The van der Waals surface area contributed by atoms with Gasteiger partial charge in [0.15, 0.2) is 17.4 Å². The third kappa shape index (κ3) is 5.94. The van der Waals surface area contributed by atoms with E-state index in [0.717, 1.165) is 6.07 Å². The van der Waals surface area contributed by atoms with Crippen molar-refractivity contribution in [2.45, 2.75) is 63.2 Å². The Morgan fingerprint density at radius 2 is 1.88 bits per heavy atom. The number of ether oxygens (including phenoxy) is 2. The average molecular weight is 689 g/mol. The lowest BCUT2D eigenvalue weighted by molar-refractivity contribution is -0.144. The predicted octanol–water partition coefficient (Wildman–Crippen LogP) is 7.64. The number of nitriles is 1. The first kappa shape index (κ1) is 32.2. The van der Waals surface area contributed by atoms with E-state index in [4.69, 9.17) is 21.1 Å². The molecule has 4 heterocycles. The maximum absolute atomic E-state index is 16.0. The molecule has 15 heteroatoms. The maximum Gasteiger partial charge on any atom is 0.451 e. The van der Waals surface area contributed by atoms with E-state index in [-0.39, 0.29) is 46.6 Å². The highest BCUT2D eigenvalue weighted by molar-refractivity contribution is 6.30. The summed E-state index contributed by atoms with van der Waals surface area (Å²) in [5.74, 6) is -5.46. The zero-order valence-corrected chi connectivity index (χ0v) is 26.1. The summed E-state index contributed by atoms with van der Waals surface area (Å²) >= 11 is 5.90. The lowest BCUT2D eigenvalue weighted by atomic mass is 9.86. The molecule has 0 spiro atoms. The third-order valence-electron chi connectivity index (χ3n) is 9.20. The highest BCUT2D eigenvalue weighted by Crippen LogP contribution is 2.52. The zero-order chi connectivity index (χ0) is 34.0. The summed E-state index contributed by atoms with van der Waals surface area (Å²) < 4.78 is 97.0. The van der Waals surface area contributed by atoms with Crippen LogP contribution in [0, 0.1) is 28.4 Å². The number of H-pyrrole nitrogens is 1. The van der Waals surface area contributed by atoms with Gasteiger partial charge in [-0.05, 0) is 68.1 Å². The molecule has 2 aliphatic heterocycles. The summed E-state index contributed by atoms with van der Waals surface area (Å²) in [6.45, 7) is 2.08. The van der Waals surface area contributed by atoms with Gasteiger partial charge in [0.05, 0.1) is 22.7 Å². The number of aromatic nitrogens is 4. The first-order valence-corrected chi connectivity index (χ1v) is 15.6. The summed E-state index contributed by atoms with van der Waals surface area (Å²) in [5.41, 5.74) is 1.29. The lowest BCUT2D eigenvalue weighted by Gasteiger charge is -2.35. The highest BCUT2D eigenvalue weighted by Gasteiger charge is 2.46. The quantitative estimate of drug-likeness (QED) is 0.199. The van der Waals surface area contributed by atoms with E-state index in [1.807, 2.05) is 10.00 Å². The van der Waals surface area contributed by atoms with Gasteiger partial charge in [-0.15, -0.1) is 0 Å². The Kier molecular flexibility index (Phi) is 7.83. The molecule has 0 bridgehead atoms. The molecule has 250 valence electrons. The van der Waals surface area contributed by atoms with E-state index in [9.17, 15) is 27.2 Å². The summed E-state index contributed by atoms with van der Waals surface area (Å²) in [5, 5.41) is 15.5. The first-order chi connectivity index (χ1) is 22.8. The van der Waals surface area contributed by atoms with Gasteiger partial charge >= 0.3 is 6.18 Å². The molecule has 8 nitrogen and oxygen atoms in total. The molecule has 0 unspecified atom stereocenters. The summed E-state index contributed by atoms with van der Waals surface area (Å²) in [6, 6.07) is 10.5. The minimum atomic E-state index is -4.70. The second-order valence-electron chi connectivity index (χ2n) is 12.6. The maximum atomic E-state index is 16.0. The smallest absolute Gasteiger partial charge is 0.444 e. The normalized spacial score (nSPS) is 23.2. The molecular formula is C33H27ClF6N6O2. The SMILES string of the molecule is C[C@@]1(c2ccc(Cl)cc2F)Oc2c(F)ccc([C@H]3CCN(Cc4ncc(-c5n[nH]c(C(F)(F)F)n5)cc4CC4(C#N)CC4)C[C@H]3F)c2O1. The predicted molar refractivity (Wildman–Crippen MR) is 160 cm³/mol. The fourth-order valence-corrected chi connectivity index (χ4v) is 6.57. The number of aromatic amines is 1. The Balaban J connectivity index is 1.11. The number of fused-ring (bicyclic) bond motifs is 1. The van der Waals surface area contributed by atoms with Crippen molar-refractivity contribution in [1.29, 1.82) is 5.26 Å². The molecule has 7 rings (SSSR count). The number of halogens is 7. The van der Waals surface area contributed by atoms with Crippen LogP contribution in [0.25, 0.3) is 11.4 Å². The minimum absolute atomic E-state index is 0.00243. The molecule has 1 aliphatic carbocycles. The van der Waals surface area contributed by atoms with Gasteiger partial charge in [0, 0.05) is 48.3 Å². The fourth-order valence-electron chi connectivity index (χ4n) is 6.42. The van der Waals surface area contributed by atoms with E-state index in [1.54, 1.807) is 6.07 Å². The van der Waals surface area contributed by atoms with Gasteiger partial charge in [0.1, 0.15) is 12.0 Å². The number of hydrogen-bond acceptors (Lipinski definition) is 7. The molecule has 3 aliphatic rings. The highest BCUT2D eigenvalue weighted by atomic mass is 35.5. The van der Waals surface area contributed by atoms with Crippen LogP contribution in [0.1, 0.15) is 60.3 Å². The first-order valence-electron chi connectivity index (χ1n) is 15.2. The number of likely N-dealkylation sites (tertiary alicyclic amines) is 1. The summed E-state index contributed by atoms with van der Waals surface area (Å²) in [4.78, 5) is 9.94. The van der Waals surface area contributed by atoms with E-state index < -0.39 is 46.9 Å². The van der Waals surface area contributed by atoms with Crippen LogP contribution in [-0.2, 0) is 24.9 Å². The van der Waals surface area contributed by atoms with Crippen molar-refractivity contribution in [1.82, 2.24) is 25.1 Å². The number of nitrogens with zero attached hydrogens (tertiary/aromatic N) is 5. The van der Waals surface area contributed by atoms with E-state index >= 15 is 4.39 Å². The van der Waals surface area contributed by atoms with Gasteiger partial charge in [-0.1, -0.05) is 17.7 Å². The van der Waals surface area contributed by atoms with Crippen LogP contribution in [0.5, 0.6) is 11.5 Å². The molecule has 0 amide bonds. The van der Waals surface area contributed by atoms with Gasteiger partial charge in [0.2, 0.25) is 11.6 Å². The molecule has 0 radical (unpaired) electrons. The molecule has 2 aromatic carbocycles. The second kappa shape index (κ2) is 11.7. The molecule has 1 saturated heterocycles. The van der Waals surface area contributed by atoms with Crippen LogP contribution in [0.4, 0.5) is 26.3 Å².